The van der Waals surface area contributed by atoms with E-state index in [0.29, 0.717) is 29.8 Å². The monoisotopic (exact) mass is 362 g/mol. The number of aryl methyl sites for hydroxylation is 1. The fourth-order valence-electron chi connectivity index (χ4n) is 3.12. The highest BCUT2D eigenvalue weighted by molar-refractivity contribution is 6.07. The zero-order valence-corrected chi connectivity index (χ0v) is 16.0. The molecule has 0 aliphatic rings. The van der Waals surface area contributed by atoms with Crippen molar-refractivity contribution in [2.24, 2.45) is 0 Å². The molecule has 140 valence electrons. The molecule has 0 atom stereocenters. The van der Waals surface area contributed by atoms with Crippen LogP contribution in [0.1, 0.15) is 76.1 Å². The van der Waals surface area contributed by atoms with Crippen LogP contribution in [0, 0.1) is 6.92 Å². The minimum Gasteiger partial charge on any atom is -0.356 e. The average Bonchev–Trinajstić information content (AvgIpc) is 3.32. The number of nitrogens with one attached hydrogen (secondary N) is 2. The van der Waals surface area contributed by atoms with Crippen molar-refractivity contribution < 1.29 is 9.59 Å². The van der Waals surface area contributed by atoms with Gasteiger partial charge < -0.3 is 9.97 Å². The first-order valence-electron chi connectivity index (χ1n) is 9.57. The maximum atomic E-state index is 12.6. The van der Waals surface area contributed by atoms with Crippen LogP contribution in [0.25, 0.3) is 0 Å². The SMILES string of the molecule is CCCCCC(=O)c1ccc(Cc2ccc(C(=O)c3ccc(C)cc3)[nH]2)[nH]1. The number of aromatic amines is 2. The van der Waals surface area contributed by atoms with Gasteiger partial charge >= 0.3 is 0 Å². The van der Waals surface area contributed by atoms with Gasteiger partial charge in [0.15, 0.2) is 5.78 Å². The molecule has 27 heavy (non-hydrogen) atoms. The van der Waals surface area contributed by atoms with Crippen molar-refractivity contribution in [1.29, 1.82) is 0 Å². The molecule has 2 aromatic heterocycles. The zero-order chi connectivity index (χ0) is 19.2. The predicted molar refractivity (Wildman–Crippen MR) is 107 cm³/mol. The Morgan fingerprint density at radius 2 is 1.44 bits per heavy atom. The molecule has 2 heterocycles. The summed E-state index contributed by atoms with van der Waals surface area (Å²) in [7, 11) is 0. The van der Waals surface area contributed by atoms with Gasteiger partial charge in [-0.15, -0.1) is 0 Å². The normalized spacial score (nSPS) is 10.9. The lowest BCUT2D eigenvalue weighted by Crippen LogP contribution is -2.02. The fraction of sp³-hybridized carbons (Fsp3) is 0.304. The van der Waals surface area contributed by atoms with E-state index >= 15 is 0 Å². The highest BCUT2D eigenvalue weighted by Crippen LogP contribution is 2.15. The summed E-state index contributed by atoms with van der Waals surface area (Å²) in [5.74, 6) is 0.149. The third-order valence-corrected chi connectivity index (χ3v) is 4.74. The van der Waals surface area contributed by atoms with Crippen LogP contribution in [0.3, 0.4) is 0 Å². The van der Waals surface area contributed by atoms with Gasteiger partial charge in [-0.2, -0.15) is 0 Å². The number of hydrogen-bond acceptors (Lipinski definition) is 2. The van der Waals surface area contributed by atoms with Gasteiger partial charge in [-0.3, -0.25) is 9.59 Å². The van der Waals surface area contributed by atoms with Crippen LogP contribution in [0.2, 0.25) is 0 Å². The Bertz CT molecular complexity index is 916. The van der Waals surface area contributed by atoms with Gasteiger partial charge in [0, 0.05) is 29.8 Å². The second kappa shape index (κ2) is 8.67. The van der Waals surface area contributed by atoms with Gasteiger partial charge in [-0.1, -0.05) is 49.6 Å². The highest BCUT2D eigenvalue weighted by atomic mass is 16.1. The van der Waals surface area contributed by atoms with Crippen molar-refractivity contribution in [3.8, 4) is 0 Å². The van der Waals surface area contributed by atoms with E-state index < -0.39 is 0 Å². The number of carbonyl (C=O) groups excluding carboxylic acids is 2. The van der Waals surface area contributed by atoms with Gasteiger partial charge in [0.2, 0.25) is 5.78 Å². The second-order valence-electron chi connectivity index (χ2n) is 7.05. The Kier molecular flexibility index (Phi) is 6.07. The van der Waals surface area contributed by atoms with Gasteiger partial charge in [-0.25, -0.2) is 0 Å². The van der Waals surface area contributed by atoms with Crippen molar-refractivity contribution in [3.05, 3.63) is 82.4 Å². The fourth-order valence-corrected chi connectivity index (χ4v) is 3.12. The molecule has 0 spiro atoms. The largest absolute Gasteiger partial charge is 0.356 e. The van der Waals surface area contributed by atoms with Crippen LogP contribution in [-0.4, -0.2) is 21.5 Å². The molecule has 0 aliphatic carbocycles. The molecule has 0 radical (unpaired) electrons. The zero-order valence-electron chi connectivity index (χ0n) is 16.0. The van der Waals surface area contributed by atoms with E-state index in [0.717, 1.165) is 36.2 Å². The summed E-state index contributed by atoms with van der Waals surface area (Å²) in [6.45, 7) is 4.13. The summed E-state index contributed by atoms with van der Waals surface area (Å²) in [6.07, 6.45) is 4.35. The molecule has 0 unspecified atom stereocenters. The van der Waals surface area contributed by atoms with Crippen LogP contribution in [0.15, 0.2) is 48.5 Å². The minimum absolute atomic E-state index is 0.0143. The molecule has 0 aliphatic heterocycles. The topological polar surface area (TPSA) is 65.7 Å². The number of aromatic nitrogens is 2. The van der Waals surface area contributed by atoms with Crippen molar-refractivity contribution in [1.82, 2.24) is 9.97 Å². The van der Waals surface area contributed by atoms with E-state index in [-0.39, 0.29) is 11.6 Å². The van der Waals surface area contributed by atoms with E-state index in [1.165, 1.54) is 0 Å². The van der Waals surface area contributed by atoms with Crippen molar-refractivity contribution in [2.45, 2.75) is 46.0 Å². The van der Waals surface area contributed by atoms with Gasteiger partial charge in [0.1, 0.15) is 0 Å². The molecule has 0 fully saturated rings. The summed E-state index contributed by atoms with van der Waals surface area (Å²) in [5.41, 5.74) is 4.96. The van der Waals surface area contributed by atoms with Crippen LogP contribution in [0.4, 0.5) is 0 Å². The van der Waals surface area contributed by atoms with Crippen molar-refractivity contribution in [3.63, 3.8) is 0 Å². The molecule has 3 aromatic rings. The summed E-state index contributed by atoms with van der Waals surface area (Å²) >= 11 is 0. The highest BCUT2D eigenvalue weighted by Gasteiger charge is 2.13. The number of ketones is 2. The Labute approximate surface area is 160 Å². The number of rotatable bonds is 9. The molecule has 3 rings (SSSR count). The molecule has 0 amide bonds. The lowest BCUT2D eigenvalue weighted by Gasteiger charge is -2.00. The molecule has 4 nitrogen and oxygen atoms in total. The summed E-state index contributed by atoms with van der Waals surface area (Å²) in [6, 6.07) is 15.1. The molecule has 0 saturated heterocycles. The first-order valence-corrected chi connectivity index (χ1v) is 9.57. The molecular weight excluding hydrogens is 336 g/mol. The molecule has 0 saturated carbocycles. The van der Waals surface area contributed by atoms with Crippen molar-refractivity contribution >= 4 is 11.6 Å². The summed E-state index contributed by atoms with van der Waals surface area (Å²) in [4.78, 5) is 31.1. The molecular formula is C23H26N2O2. The first kappa shape index (κ1) is 18.9. The minimum atomic E-state index is -0.0143. The number of Topliss-reactive ketones (excluding diaryl/α,β-unsaturated/α-hetero) is 1. The molecule has 0 bridgehead atoms. The van der Waals surface area contributed by atoms with Crippen LogP contribution >= 0.6 is 0 Å². The molecule has 1 aromatic carbocycles. The first-order chi connectivity index (χ1) is 13.1. The van der Waals surface area contributed by atoms with E-state index in [4.69, 9.17) is 0 Å². The average molecular weight is 362 g/mol. The summed E-state index contributed by atoms with van der Waals surface area (Å²) < 4.78 is 0. The van der Waals surface area contributed by atoms with Gasteiger partial charge in [-0.05, 0) is 37.6 Å². The van der Waals surface area contributed by atoms with E-state index in [1.807, 2.05) is 55.5 Å². The van der Waals surface area contributed by atoms with Gasteiger partial charge in [0.25, 0.3) is 0 Å². The lowest BCUT2D eigenvalue weighted by atomic mass is 10.1. The van der Waals surface area contributed by atoms with E-state index in [2.05, 4.69) is 16.9 Å². The third kappa shape index (κ3) is 4.85. The Hall–Kier alpha value is -2.88. The standard InChI is InChI=1S/C23H26N2O2/c1-3-4-5-6-22(26)20-13-11-18(24-20)15-19-12-14-21(25-19)23(27)17-9-7-16(2)8-10-17/h7-14,24-25H,3-6,15H2,1-2H3. The molecule has 4 heteroatoms. The summed E-state index contributed by atoms with van der Waals surface area (Å²) in [5, 5.41) is 0. The number of H-pyrrole nitrogens is 2. The van der Waals surface area contributed by atoms with E-state index in [1.54, 1.807) is 0 Å². The van der Waals surface area contributed by atoms with Crippen LogP contribution in [0.5, 0.6) is 0 Å². The Balaban J connectivity index is 1.63. The Morgan fingerprint density at radius 1 is 0.815 bits per heavy atom. The van der Waals surface area contributed by atoms with Gasteiger partial charge in [0.05, 0.1) is 11.4 Å². The second-order valence-corrected chi connectivity index (χ2v) is 7.05. The van der Waals surface area contributed by atoms with Crippen LogP contribution in [-0.2, 0) is 6.42 Å². The maximum absolute atomic E-state index is 12.6. The third-order valence-electron chi connectivity index (χ3n) is 4.74. The Morgan fingerprint density at radius 3 is 2.11 bits per heavy atom. The quantitative estimate of drug-likeness (QED) is 0.404. The van der Waals surface area contributed by atoms with Crippen molar-refractivity contribution in [2.75, 3.05) is 0 Å². The number of carbonyl (C=O) groups is 2. The number of benzene rings is 1. The number of hydrogen-bond donors (Lipinski definition) is 2. The lowest BCUT2D eigenvalue weighted by molar-refractivity contribution is 0.0974. The smallest absolute Gasteiger partial charge is 0.209 e. The maximum Gasteiger partial charge on any atom is 0.209 e. The van der Waals surface area contributed by atoms with E-state index in [9.17, 15) is 9.59 Å². The van der Waals surface area contributed by atoms with Crippen LogP contribution < -0.4 is 0 Å². The molecule has 2 N–H and O–H groups in total. The predicted octanol–water partition coefficient (Wildman–Crippen LogP) is 5.24. The number of unbranched alkanes of at least 4 members (excludes halogenated alkanes) is 2.